The van der Waals surface area contributed by atoms with Crippen molar-refractivity contribution in [3.63, 3.8) is 0 Å². The molecule has 0 saturated carbocycles. The lowest BCUT2D eigenvalue weighted by Gasteiger charge is -2.24. The van der Waals surface area contributed by atoms with E-state index < -0.39 is 5.60 Å². The van der Waals surface area contributed by atoms with Crippen molar-refractivity contribution in [1.29, 1.82) is 0 Å². The number of carbonyl (C=O) groups excluding carboxylic acids is 1. The summed E-state index contributed by atoms with van der Waals surface area (Å²) in [6.45, 7) is 5.54. The average molecular weight is 242 g/mol. The van der Waals surface area contributed by atoms with Crippen LogP contribution in [0.2, 0.25) is 0 Å². The minimum absolute atomic E-state index is 0.0872. The number of anilines is 1. The molecule has 0 atom stereocenters. The molecule has 0 spiro atoms. The molecule has 0 aliphatic heterocycles. The topological polar surface area (TPSA) is 91.5 Å². The third-order valence-corrected chi connectivity index (χ3v) is 1.84. The number of aliphatic hydroxyl groups is 1. The first-order valence-electron chi connectivity index (χ1n) is 5.27. The summed E-state index contributed by atoms with van der Waals surface area (Å²) in [7, 11) is 1.75. The third kappa shape index (κ3) is 5.41. The Labute approximate surface area is 99.8 Å². The Bertz CT molecular complexity index is 383. The van der Waals surface area contributed by atoms with Crippen molar-refractivity contribution >= 4 is 11.9 Å². The normalized spacial score (nSPS) is 11.9. The van der Waals surface area contributed by atoms with Gasteiger partial charge in [-0.25, -0.2) is 0 Å². The van der Waals surface area contributed by atoms with E-state index in [1.165, 1.54) is 0 Å². The van der Waals surface area contributed by atoms with Crippen molar-refractivity contribution in [3.05, 3.63) is 5.89 Å². The maximum absolute atomic E-state index is 11.6. The smallest absolute Gasteiger partial charge is 0.322 e. The SMILES string of the molecule is Cc1nnc(NC(=O)CN(C)CC(C)(C)O)o1. The zero-order valence-corrected chi connectivity index (χ0v) is 10.5. The Kier molecular flexibility index (Phi) is 4.19. The molecule has 17 heavy (non-hydrogen) atoms. The van der Waals surface area contributed by atoms with Crippen molar-refractivity contribution in [2.24, 2.45) is 0 Å². The molecule has 2 N–H and O–H groups in total. The Balaban J connectivity index is 2.39. The largest absolute Gasteiger partial charge is 0.408 e. The van der Waals surface area contributed by atoms with Gasteiger partial charge in [0.2, 0.25) is 11.8 Å². The van der Waals surface area contributed by atoms with E-state index in [1.54, 1.807) is 32.7 Å². The molecule has 0 radical (unpaired) electrons. The average Bonchev–Trinajstić information content (AvgIpc) is 2.46. The molecule has 0 aliphatic rings. The lowest BCUT2D eigenvalue weighted by Crippen LogP contribution is -2.40. The summed E-state index contributed by atoms with van der Waals surface area (Å²) in [5, 5.41) is 19.3. The highest BCUT2D eigenvalue weighted by molar-refractivity contribution is 5.90. The molecule has 7 heteroatoms. The molecule has 96 valence electrons. The molecular formula is C10H18N4O3. The number of amides is 1. The molecule has 0 aromatic carbocycles. The van der Waals surface area contributed by atoms with Crippen LogP contribution in [0.25, 0.3) is 0 Å². The molecule has 1 amide bonds. The van der Waals surface area contributed by atoms with Gasteiger partial charge in [0.1, 0.15) is 0 Å². The molecule has 7 nitrogen and oxygen atoms in total. The number of hydrogen-bond acceptors (Lipinski definition) is 6. The highest BCUT2D eigenvalue weighted by Gasteiger charge is 2.18. The second-order valence-electron chi connectivity index (χ2n) is 4.66. The van der Waals surface area contributed by atoms with Crippen LogP contribution in [-0.4, -0.2) is 51.8 Å². The van der Waals surface area contributed by atoms with Crippen LogP contribution in [0.1, 0.15) is 19.7 Å². The monoisotopic (exact) mass is 242 g/mol. The van der Waals surface area contributed by atoms with Crippen LogP contribution >= 0.6 is 0 Å². The molecule has 0 aliphatic carbocycles. The standard InChI is InChI=1S/C10H18N4O3/c1-7-12-13-9(17-7)11-8(15)5-14(4)6-10(2,3)16/h16H,5-6H2,1-4H3,(H,11,13,15). The van der Waals surface area contributed by atoms with E-state index in [-0.39, 0.29) is 18.5 Å². The first-order chi connectivity index (χ1) is 7.76. The second-order valence-corrected chi connectivity index (χ2v) is 4.66. The summed E-state index contributed by atoms with van der Waals surface area (Å²) in [5.41, 5.74) is -0.837. The number of nitrogens with one attached hydrogen (secondary N) is 1. The fourth-order valence-electron chi connectivity index (χ4n) is 1.47. The Morgan fingerprint density at radius 3 is 2.65 bits per heavy atom. The molecule has 1 aromatic rings. The van der Waals surface area contributed by atoms with Crippen molar-refractivity contribution in [2.75, 3.05) is 25.5 Å². The molecule has 1 heterocycles. The number of aromatic nitrogens is 2. The molecule has 1 rings (SSSR count). The Morgan fingerprint density at radius 1 is 1.53 bits per heavy atom. The van der Waals surface area contributed by atoms with Crippen LogP contribution in [-0.2, 0) is 4.79 Å². The highest BCUT2D eigenvalue weighted by Crippen LogP contribution is 2.05. The van der Waals surface area contributed by atoms with Crippen LogP contribution in [0, 0.1) is 6.92 Å². The van der Waals surface area contributed by atoms with Crippen molar-refractivity contribution in [2.45, 2.75) is 26.4 Å². The molecule has 0 fully saturated rings. The Morgan fingerprint density at radius 2 is 2.18 bits per heavy atom. The first-order valence-corrected chi connectivity index (χ1v) is 5.27. The minimum Gasteiger partial charge on any atom is -0.408 e. The van der Waals surface area contributed by atoms with Crippen molar-refractivity contribution in [3.8, 4) is 0 Å². The summed E-state index contributed by atoms with van der Waals surface area (Å²) < 4.78 is 5.01. The summed E-state index contributed by atoms with van der Waals surface area (Å²) in [4.78, 5) is 13.3. The van der Waals surface area contributed by atoms with E-state index >= 15 is 0 Å². The van der Waals surface area contributed by atoms with E-state index in [9.17, 15) is 9.90 Å². The van der Waals surface area contributed by atoms with Gasteiger partial charge in [0.05, 0.1) is 12.1 Å². The predicted molar refractivity (Wildman–Crippen MR) is 61.5 cm³/mol. The number of carbonyl (C=O) groups is 1. The third-order valence-electron chi connectivity index (χ3n) is 1.84. The minimum atomic E-state index is -0.837. The van der Waals surface area contributed by atoms with Crippen LogP contribution in [0.5, 0.6) is 0 Å². The van der Waals surface area contributed by atoms with Gasteiger partial charge < -0.3 is 9.52 Å². The van der Waals surface area contributed by atoms with Crippen molar-refractivity contribution < 1.29 is 14.3 Å². The Hall–Kier alpha value is -1.47. The lowest BCUT2D eigenvalue weighted by molar-refractivity contribution is -0.117. The van der Waals surface area contributed by atoms with E-state index in [0.717, 1.165) is 0 Å². The van der Waals surface area contributed by atoms with Gasteiger partial charge in [-0.2, -0.15) is 0 Å². The number of rotatable bonds is 5. The van der Waals surface area contributed by atoms with Gasteiger partial charge >= 0.3 is 6.01 Å². The fraction of sp³-hybridized carbons (Fsp3) is 0.700. The second kappa shape index (κ2) is 5.24. The van der Waals surface area contributed by atoms with Gasteiger partial charge in [-0.3, -0.25) is 15.0 Å². The van der Waals surface area contributed by atoms with Gasteiger partial charge in [-0.1, -0.05) is 5.10 Å². The summed E-state index contributed by atoms with van der Waals surface area (Å²) in [6.07, 6.45) is 0. The van der Waals surface area contributed by atoms with Crippen LogP contribution in [0.4, 0.5) is 6.01 Å². The van der Waals surface area contributed by atoms with Gasteiger partial charge in [0.15, 0.2) is 0 Å². The van der Waals surface area contributed by atoms with Crippen LogP contribution in [0.3, 0.4) is 0 Å². The maximum Gasteiger partial charge on any atom is 0.322 e. The number of hydrogen-bond donors (Lipinski definition) is 2. The van der Waals surface area contributed by atoms with E-state index in [1.807, 2.05) is 0 Å². The van der Waals surface area contributed by atoms with Gasteiger partial charge in [0.25, 0.3) is 0 Å². The zero-order chi connectivity index (χ0) is 13.1. The number of likely N-dealkylation sites (N-methyl/N-ethyl adjacent to an activating group) is 1. The fourth-order valence-corrected chi connectivity index (χ4v) is 1.47. The lowest BCUT2D eigenvalue weighted by atomic mass is 10.1. The number of aryl methyl sites for hydroxylation is 1. The molecule has 0 saturated heterocycles. The van der Waals surface area contributed by atoms with Gasteiger partial charge in [-0.15, -0.1) is 5.10 Å². The maximum atomic E-state index is 11.6. The summed E-state index contributed by atoms with van der Waals surface area (Å²) in [5.74, 6) is 0.130. The quantitative estimate of drug-likeness (QED) is 0.756. The molecule has 1 aromatic heterocycles. The van der Waals surface area contributed by atoms with E-state index in [2.05, 4.69) is 15.5 Å². The number of nitrogens with zero attached hydrogens (tertiary/aromatic N) is 3. The molecular weight excluding hydrogens is 224 g/mol. The predicted octanol–water partition coefficient (Wildman–Crippen LogP) is 0.0192. The van der Waals surface area contributed by atoms with Crippen LogP contribution in [0.15, 0.2) is 4.42 Å². The summed E-state index contributed by atoms with van der Waals surface area (Å²) in [6, 6.07) is 0.0872. The van der Waals surface area contributed by atoms with Crippen molar-refractivity contribution in [1.82, 2.24) is 15.1 Å². The van der Waals surface area contributed by atoms with Gasteiger partial charge in [0, 0.05) is 13.5 Å². The highest BCUT2D eigenvalue weighted by atomic mass is 16.4. The van der Waals surface area contributed by atoms with Gasteiger partial charge in [-0.05, 0) is 20.9 Å². The zero-order valence-electron chi connectivity index (χ0n) is 10.5. The van der Waals surface area contributed by atoms with E-state index in [4.69, 9.17) is 4.42 Å². The van der Waals surface area contributed by atoms with Crippen LogP contribution < -0.4 is 5.32 Å². The molecule has 0 unspecified atom stereocenters. The molecule has 0 bridgehead atoms. The summed E-state index contributed by atoms with van der Waals surface area (Å²) >= 11 is 0. The first kappa shape index (κ1) is 13.6. The van der Waals surface area contributed by atoms with E-state index in [0.29, 0.717) is 12.4 Å².